The predicted octanol–water partition coefficient (Wildman–Crippen LogP) is 5.94. The highest BCUT2D eigenvalue weighted by molar-refractivity contribution is 5.95. The first kappa shape index (κ1) is 22.9. The number of rotatable bonds is 7. The molecule has 2 unspecified atom stereocenters. The molecule has 0 radical (unpaired) electrons. The molecule has 6 heteroatoms. The number of nitrogens with zero attached hydrogens (tertiary/aromatic N) is 1. The fourth-order valence-corrected chi connectivity index (χ4v) is 3.93. The van der Waals surface area contributed by atoms with Crippen LogP contribution in [0.2, 0.25) is 0 Å². The summed E-state index contributed by atoms with van der Waals surface area (Å²) in [6, 6.07) is -0.428. The average molecular weight is 429 g/mol. The molecule has 0 fully saturated rings. The third kappa shape index (κ3) is 5.30. The highest BCUT2D eigenvalue weighted by atomic mass is 19.1. The zero-order valence-corrected chi connectivity index (χ0v) is 18.6. The van der Waals surface area contributed by atoms with Crippen LogP contribution in [0.3, 0.4) is 0 Å². The average Bonchev–Trinajstić information content (AvgIpc) is 3.06. The Morgan fingerprint density at radius 2 is 1.87 bits per heavy atom. The SMILES string of the molecule is CCC(C)C=C(C=CC(C)NC(=O)c1c(F)cncc1F)c1c(C)oc2c1CCCC2. The fraction of sp³-hybridized carbons (Fsp3) is 0.440. The quantitative estimate of drug-likeness (QED) is 0.555. The molecular formula is C25H30F2N2O2. The molecule has 1 amide bonds. The topological polar surface area (TPSA) is 55.1 Å². The summed E-state index contributed by atoms with van der Waals surface area (Å²) in [5.41, 5.74) is 2.85. The van der Waals surface area contributed by atoms with E-state index in [0.29, 0.717) is 5.92 Å². The van der Waals surface area contributed by atoms with E-state index >= 15 is 0 Å². The number of halogens is 2. The number of carbonyl (C=O) groups excluding carboxylic acids is 1. The van der Waals surface area contributed by atoms with E-state index in [1.807, 2.05) is 19.1 Å². The summed E-state index contributed by atoms with van der Waals surface area (Å²) in [4.78, 5) is 15.8. The zero-order chi connectivity index (χ0) is 22.5. The Morgan fingerprint density at radius 3 is 2.55 bits per heavy atom. The van der Waals surface area contributed by atoms with E-state index in [-0.39, 0.29) is 0 Å². The van der Waals surface area contributed by atoms with Crippen molar-refractivity contribution in [3.63, 3.8) is 0 Å². The van der Waals surface area contributed by atoms with Crippen molar-refractivity contribution in [1.82, 2.24) is 10.3 Å². The summed E-state index contributed by atoms with van der Waals surface area (Å²) in [6.45, 7) is 8.06. The largest absolute Gasteiger partial charge is 0.465 e. The van der Waals surface area contributed by atoms with Crippen molar-refractivity contribution in [2.75, 3.05) is 0 Å². The smallest absolute Gasteiger partial charge is 0.257 e. The van der Waals surface area contributed by atoms with Gasteiger partial charge in [0.25, 0.3) is 5.91 Å². The van der Waals surface area contributed by atoms with Gasteiger partial charge in [0.15, 0.2) is 11.6 Å². The van der Waals surface area contributed by atoms with Gasteiger partial charge in [-0.15, -0.1) is 0 Å². The first-order valence-electron chi connectivity index (χ1n) is 10.9. The Morgan fingerprint density at radius 1 is 1.19 bits per heavy atom. The van der Waals surface area contributed by atoms with Crippen molar-refractivity contribution in [3.05, 3.63) is 70.5 Å². The number of hydrogen-bond donors (Lipinski definition) is 1. The lowest BCUT2D eigenvalue weighted by molar-refractivity contribution is 0.0938. The van der Waals surface area contributed by atoms with E-state index < -0.39 is 29.1 Å². The maximum Gasteiger partial charge on any atom is 0.257 e. The van der Waals surface area contributed by atoms with Gasteiger partial charge in [-0.1, -0.05) is 38.5 Å². The molecule has 0 saturated heterocycles. The molecule has 0 aliphatic heterocycles. The number of aromatic nitrogens is 1. The number of nitrogens with one attached hydrogen (secondary N) is 1. The van der Waals surface area contributed by atoms with Crippen LogP contribution in [-0.4, -0.2) is 16.9 Å². The van der Waals surface area contributed by atoms with Crippen LogP contribution in [-0.2, 0) is 12.8 Å². The normalized spacial score (nSPS) is 16.3. The van der Waals surface area contributed by atoms with E-state index in [1.54, 1.807) is 6.92 Å². The second-order valence-corrected chi connectivity index (χ2v) is 8.25. The first-order valence-corrected chi connectivity index (χ1v) is 10.9. The fourth-order valence-electron chi connectivity index (χ4n) is 3.93. The molecule has 2 aromatic rings. The molecule has 1 aliphatic carbocycles. The van der Waals surface area contributed by atoms with Gasteiger partial charge in [-0.2, -0.15) is 0 Å². The molecule has 0 saturated carbocycles. The molecule has 0 bridgehead atoms. The molecule has 31 heavy (non-hydrogen) atoms. The van der Waals surface area contributed by atoms with Crippen molar-refractivity contribution in [2.45, 2.75) is 65.8 Å². The highest BCUT2D eigenvalue weighted by Crippen LogP contribution is 2.35. The van der Waals surface area contributed by atoms with Gasteiger partial charge in [-0.3, -0.25) is 9.78 Å². The van der Waals surface area contributed by atoms with Crippen LogP contribution in [0.25, 0.3) is 5.57 Å². The summed E-state index contributed by atoms with van der Waals surface area (Å²) in [5.74, 6) is -0.411. The lowest BCUT2D eigenvalue weighted by Gasteiger charge is -2.14. The predicted molar refractivity (Wildman–Crippen MR) is 118 cm³/mol. The number of pyridine rings is 1. The number of carbonyl (C=O) groups is 1. The number of allylic oxidation sites excluding steroid dienone is 3. The van der Waals surface area contributed by atoms with Crippen LogP contribution in [0.4, 0.5) is 8.78 Å². The maximum absolute atomic E-state index is 13.8. The van der Waals surface area contributed by atoms with E-state index in [2.05, 4.69) is 30.2 Å². The van der Waals surface area contributed by atoms with Gasteiger partial charge in [0, 0.05) is 23.6 Å². The van der Waals surface area contributed by atoms with Gasteiger partial charge >= 0.3 is 0 Å². The van der Waals surface area contributed by atoms with Gasteiger partial charge in [-0.25, -0.2) is 8.78 Å². The highest BCUT2D eigenvalue weighted by Gasteiger charge is 2.23. The third-order valence-electron chi connectivity index (χ3n) is 5.75. The van der Waals surface area contributed by atoms with Crippen LogP contribution in [0.1, 0.15) is 73.0 Å². The Hall–Kier alpha value is -2.76. The number of furan rings is 1. The number of fused-ring (bicyclic) bond motifs is 1. The van der Waals surface area contributed by atoms with Crippen LogP contribution in [0, 0.1) is 24.5 Å². The molecule has 1 aliphatic rings. The molecule has 4 nitrogen and oxygen atoms in total. The van der Waals surface area contributed by atoms with Gasteiger partial charge < -0.3 is 9.73 Å². The molecule has 2 aromatic heterocycles. The zero-order valence-electron chi connectivity index (χ0n) is 18.6. The monoisotopic (exact) mass is 428 g/mol. The Balaban J connectivity index is 1.85. The third-order valence-corrected chi connectivity index (χ3v) is 5.75. The summed E-state index contributed by atoms with van der Waals surface area (Å²) < 4.78 is 33.7. The molecule has 0 spiro atoms. The lowest BCUT2D eigenvalue weighted by Crippen LogP contribution is -2.32. The second-order valence-electron chi connectivity index (χ2n) is 8.25. The number of hydrogen-bond acceptors (Lipinski definition) is 3. The molecule has 2 atom stereocenters. The standard InChI is InChI=1S/C25H30F2N2O2/c1-5-15(2)12-18(23-17(4)31-22-9-7-6-8-19(22)23)11-10-16(3)29-25(30)24-20(26)13-28-14-21(24)27/h10-16H,5-9H2,1-4H3,(H,29,30). The Labute approximate surface area is 182 Å². The summed E-state index contributed by atoms with van der Waals surface area (Å²) in [5, 5.41) is 2.64. The molecule has 1 N–H and O–H groups in total. The van der Waals surface area contributed by atoms with Crippen molar-refractivity contribution >= 4 is 11.5 Å². The Bertz CT molecular complexity index is 987. The first-order chi connectivity index (χ1) is 14.8. The maximum atomic E-state index is 13.8. The molecule has 0 aromatic carbocycles. The van der Waals surface area contributed by atoms with Crippen LogP contribution >= 0.6 is 0 Å². The lowest BCUT2D eigenvalue weighted by atomic mass is 9.89. The van der Waals surface area contributed by atoms with Gasteiger partial charge in [-0.05, 0) is 44.6 Å². The van der Waals surface area contributed by atoms with Crippen LogP contribution in [0.5, 0.6) is 0 Å². The van der Waals surface area contributed by atoms with E-state index in [0.717, 1.165) is 67.2 Å². The summed E-state index contributed by atoms with van der Waals surface area (Å²) >= 11 is 0. The van der Waals surface area contributed by atoms with E-state index in [9.17, 15) is 13.6 Å². The van der Waals surface area contributed by atoms with Crippen LogP contribution in [0.15, 0.2) is 35.0 Å². The van der Waals surface area contributed by atoms with E-state index in [1.165, 1.54) is 5.56 Å². The molecule has 3 rings (SSSR count). The molecular weight excluding hydrogens is 398 g/mol. The van der Waals surface area contributed by atoms with Crippen molar-refractivity contribution in [2.24, 2.45) is 5.92 Å². The minimum Gasteiger partial charge on any atom is -0.465 e. The van der Waals surface area contributed by atoms with Gasteiger partial charge in [0.2, 0.25) is 0 Å². The summed E-state index contributed by atoms with van der Waals surface area (Å²) in [7, 11) is 0. The molecule has 166 valence electrons. The molecule has 2 heterocycles. The number of aryl methyl sites for hydroxylation is 2. The Kier molecular flexibility index (Phi) is 7.42. The minimum absolute atomic E-state index is 0.373. The van der Waals surface area contributed by atoms with Crippen molar-refractivity contribution in [1.29, 1.82) is 0 Å². The van der Waals surface area contributed by atoms with Crippen molar-refractivity contribution in [3.8, 4) is 0 Å². The van der Waals surface area contributed by atoms with Crippen LogP contribution < -0.4 is 5.32 Å². The minimum atomic E-state index is -0.980. The number of amides is 1. The van der Waals surface area contributed by atoms with E-state index in [4.69, 9.17) is 4.42 Å². The van der Waals surface area contributed by atoms with Gasteiger partial charge in [0.1, 0.15) is 17.1 Å². The van der Waals surface area contributed by atoms with Gasteiger partial charge in [0.05, 0.1) is 12.4 Å². The second kappa shape index (κ2) is 10.0. The summed E-state index contributed by atoms with van der Waals surface area (Å²) in [6.07, 6.45) is 13.0. The van der Waals surface area contributed by atoms with Crippen molar-refractivity contribution < 1.29 is 18.0 Å².